The molecule has 0 amide bonds. The van der Waals surface area contributed by atoms with Gasteiger partial charge in [0.15, 0.2) is 0 Å². The first-order valence-electron chi connectivity index (χ1n) is 7.97. The molecule has 0 unspecified atom stereocenters. The maximum atomic E-state index is 12.6. The first kappa shape index (κ1) is 19.0. The fraction of sp³-hybridized carbons (Fsp3) is 0.294. The van der Waals surface area contributed by atoms with Crippen molar-refractivity contribution in [2.24, 2.45) is 0 Å². The summed E-state index contributed by atoms with van der Waals surface area (Å²) in [4.78, 5) is 0.0470. The summed E-state index contributed by atoms with van der Waals surface area (Å²) >= 11 is 6.02. The highest BCUT2D eigenvalue weighted by Gasteiger charge is 2.25. The molecule has 0 atom stereocenters. The van der Waals surface area contributed by atoms with Crippen LogP contribution in [0.2, 0.25) is 5.02 Å². The van der Waals surface area contributed by atoms with Crippen LogP contribution in [-0.4, -0.2) is 29.6 Å². The van der Waals surface area contributed by atoms with Crippen LogP contribution in [0.1, 0.15) is 17.5 Å². The van der Waals surface area contributed by atoms with Gasteiger partial charge in [0.05, 0.1) is 22.5 Å². The number of nitrogens with zero attached hydrogens (tertiary/aromatic N) is 1. The van der Waals surface area contributed by atoms with Gasteiger partial charge in [0.1, 0.15) is 0 Å². The lowest BCUT2D eigenvalue weighted by Crippen LogP contribution is -2.34. The number of sulfonamides is 2. The van der Waals surface area contributed by atoms with Crippen LogP contribution in [0, 0.1) is 6.92 Å². The Morgan fingerprint density at radius 2 is 1.81 bits per heavy atom. The smallest absolute Gasteiger partial charge is 0.261 e. The molecule has 1 aliphatic heterocycles. The van der Waals surface area contributed by atoms with Gasteiger partial charge in [0, 0.05) is 11.6 Å². The third kappa shape index (κ3) is 3.82. The fourth-order valence-electron chi connectivity index (χ4n) is 2.90. The highest BCUT2D eigenvalue weighted by molar-refractivity contribution is 7.92. The fourth-order valence-corrected chi connectivity index (χ4v) is 5.21. The zero-order valence-electron chi connectivity index (χ0n) is 14.4. The molecule has 140 valence electrons. The summed E-state index contributed by atoms with van der Waals surface area (Å²) in [6, 6.07) is 9.45. The van der Waals surface area contributed by atoms with Crippen molar-refractivity contribution in [2.75, 3.05) is 21.8 Å². The number of hydrogen-bond acceptors (Lipinski definition) is 4. The van der Waals surface area contributed by atoms with Crippen molar-refractivity contribution in [1.82, 2.24) is 0 Å². The lowest BCUT2D eigenvalue weighted by atomic mass is 10.0. The van der Waals surface area contributed by atoms with Crippen LogP contribution in [0.5, 0.6) is 0 Å². The molecule has 0 aromatic heterocycles. The van der Waals surface area contributed by atoms with E-state index in [2.05, 4.69) is 4.72 Å². The molecule has 0 radical (unpaired) electrons. The lowest BCUT2D eigenvalue weighted by molar-refractivity contribution is 0.592. The van der Waals surface area contributed by atoms with E-state index in [1.54, 1.807) is 31.2 Å². The van der Waals surface area contributed by atoms with E-state index in [0.29, 0.717) is 22.9 Å². The topological polar surface area (TPSA) is 83.6 Å². The molecule has 0 spiro atoms. The number of aryl methyl sites for hydroxylation is 2. The minimum Gasteiger partial charge on any atom is -0.280 e. The normalized spacial score (nSPS) is 14.8. The third-order valence-electron chi connectivity index (χ3n) is 4.27. The van der Waals surface area contributed by atoms with Gasteiger partial charge in [-0.15, -0.1) is 0 Å². The Kier molecular flexibility index (Phi) is 4.94. The average Bonchev–Trinajstić information content (AvgIpc) is 2.55. The van der Waals surface area contributed by atoms with E-state index in [1.165, 1.54) is 16.4 Å². The maximum absolute atomic E-state index is 12.6. The third-order valence-corrected chi connectivity index (χ3v) is 7.23. The van der Waals surface area contributed by atoms with Gasteiger partial charge in [0.2, 0.25) is 10.0 Å². The van der Waals surface area contributed by atoms with Crippen molar-refractivity contribution in [1.29, 1.82) is 0 Å². The molecule has 1 heterocycles. The van der Waals surface area contributed by atoms with Gasteiger partial charge in [-0.1, -0.05) is 23.7 Å². The molecule has 0 saturated heterocycles. The summed E-state index contributed by atoms with van der Waals surface area (Å²) in [7, 11) is -7.26. The SMILES string of the molecule is Cc1ccc(S(=O)(=O)Nc2ccc3c(c2)N(S(C)(=O)=O)CCC3)cc1Cl. The largest absolute Gasteiger partial charge is 0.280 e. The molecule has 9 heteroatoms. The summed E-state index contributed by atoms with van der Waals surface area (Å²) in [5.74, 6) is 0. The van der Waals surface area contributed by atoms with Crippen molar-refractivity contribution < 1.29 is 16.8 Å². The molecule has 2 aromatic carbocycles. The Morgan fingerprint density at radius 3 is 2.46 bits per heavy atom. The number of fused-ring (bicyclic) bond motifs is 1. The minimum absolute atomic E-state index is 0.0470. The highest BCUT2D eigenvalue weighted by atomic mass is 35.5. The first-order valence-corrected chi connectivity index (χ1v) is 11.7. The van der Waals surface area contributed by atoms with E-state index in [4.69, 9.17) is 11.6 Å². The molecule has 0 aliphatic carbocycles. The quantitative estimate of drug-likeness (QED) is 0.832. The highest BCUT2D eigenvalue weighted by Crippen LogP contribution is 2.32. The lowest BCUT2D eigenvalue weighted by Gasteiger charge is -2.29. The minimum atomic E-state index is -3.83. The van der Waals surface area contributed by atoms with E-state index < -0.39 is 20.0 Å². The second-order valence-corrected chi connectivity index (χ2v) is 10.3. The van der Waals surface area contributed by atoms with Gasteiger partial charge in [-0.25, -0.2) is 16.8 Å². The molecule has 0 saturated carbocycles. The van der Waals surface area contributed by atoms with E-state index in [9.17, 15) is 16.8 Å². The van der Waals surface area contributed by atoms with Crippen LogP contribution in [0.15, 0.2) is 41.3 Å². The zero-order valence-corrected chi connectivity index (χ0v) is 16.7. The Morgan fingerprint density at radius 1 is 1.08 bits per heavy atom. The van der Waals surface area contributed by atoms with Gasteiger partial charge in [-0.3, -0.25) is 9.03 Å². The summed E-state index contributed by atoms with van der Waals surface area (Å²) in [6.45, 7) is 2.17. The molecular formula is C17H19ClN2O4S2. The van der Waals surface area contributed by atoms with Crippen molar-refractivity contribution in [3.05, 3.63) is 52.5 Å². The van der Waals surface area contributed by atoms with E-state index in [0.717, 1.165) is 30.2 Å². The Balaban J connectivity index is 1.97. The van der Waals surface area contributed by atoms with Crippen molar-refractivity contribution in [3.8, 4) is 0 Å². The van der Waals surface area contributed by atoms with Gasteiger partial charge >= 0.3 is 0 Å². The molecule has 1 aliphatic rings. The first-order chi connectivity index (χ1) is 12.1. The standard InChI is InChI=1S/C17H19ClN2O4S2/c1-12-5-8-15(11-16(12)18)26(23,24)19-14-7-6-13-4-3-9-20(17(13)10-14)25(2,21)22/h5-8,10-11,19H,3-4,9H2,1-2H3. The van der Waals surface area contributed by atoms with Crippen molar-refractivity contribution in [3.63, 3.8) is 0 Å². The maximum Gasteiger partial charge on any atom is 0.261 e. The number of hydrogen-bond donors (Lipinski definition) is 1. The second kappa shape index (κ2) is 6.75. The van der Waals surface area contributed by atoms with E-state index in [-0.39, 0.29) is 4.90 Å². The van der Waals surface area contributed by atoms with Crippen LogP contribution in [-0.2, 0) is 26.5 Å². The van der Waals surface area contributed by atoms with Gasteiger partial charge in [-0.05, 0) is 55.2 Å². The van der Waals surface area contributed by atoms with Gasteiger partial charge in [0.25, 0.3) is 10.0 Å². The Labute approximate surface area is 158 Å². The number of benzene rings is 2. The van der Waals surface area contributed by atoms with Gasteiger partial charge in [-0.2, -0.15) is 0 Å². The molecular weight excluding hydrogens is 396 g/mol. The number of rotatable bonds is 4. The van der Waals surface area contributed by atoms with Crippen LogP contribution in [0.25, 0.3) is 0 Å². The van der Waals surface area contributed by atoms with E-state index >= 15 is 0 Å². The van der Waals surface area contributed by atoms with Crippen LogP contribution >= 0.6 is 11.6 Å². The summed E-state index contributed by atoms with van der Waals surface area (Å²) in [5.41, 5.74) is 2.48. The molecule has 6 nitrogen and oxygen atoms in total. The zero-order chi connectivity index (χ0) is 19.1. The number of anilines is 2. The average molecular weight is 415 g/mol. The Bertz CT molecular complexity index is 1070. The second-order valence-electron chi connectivity index (χ2n) is 6.30. The monoisotopic (exact) mass is 414 g/mol. The predicted molar refractivity (Wildman–Crippen MR) is 104 cm³/mol. The van der Waals surface area contributed by atoms with Crippen LogP contribution in [0.4, 0.5) is 11.4 Å². The summed E-state index contributed by atoms with van der Waals surface area (Å²) < 4.78 is 53.0. The Hall–Kier alpha value is -1.77. The molecule has 0 bridgehead atoms. The van der Waals surface area contributed by atoms with Crippen molar-refractivity contribution in [2.45, 2.75) is 24.7 Å². The molecule has 1 N–H and O–H groups in total. The predicted octanol–water partition coefficient (Wildman–Crippen LogP) is 3.16. The summed E-state index contributed by atoms with van der Waals surface area (Å²) in [5, 5.41) is 0.363. The van der Waals surface area contributed by atoms with Crippen LogP contribution in [0.3, 0.4) is 0 Å². The summed E-state index contributed by atoms with van der Waals surface area (Å²) in [6.07, 6.45) is 2.63. The number of nitrogens with one attached hydrogen (secondary N) is 1. The van der Waals surface area contributed by atoms with E-state index in [1.807, 2.05) is 0 Å². The molecule has 26 heavy (non-hydrogen) atoms. The molecule has 3 rings (SSSR count). The molecule has 0 fully saturated rings. The van der Waals surface area contributed by atoms with Gasteiger partial charge < -0.3 is 0 Å². The molecule has 2 aromatic rings. The number of halogens is 1. The van der Waals surface area contributed by atoms with Crippen LogP contribution < -0.4 is 9.03 Å². The van der Waals surface area contributed by atoms with Crippen molar-refractivity contribution >= 4 is 43.0 Å².